The van der Waals surface area contributed by atoms with Crippen LogP contribution in [0.2, 0.25) is 0 Å². The summed E-state index contributed by atoms with van der Waals surface area (Å²) < 4.78 is 0. The summed E-state index contributed by atoms with van der Waals surface area (Å²) in [6.45, 7) is 6.81. The Morgan fingerprint density at radius 2 is 2.08 bits per heavy atom. The van der Waals surface area contributed by atoms with Gasteiger partial charge in [0, 0.05) is 0 Å². The Bertz CT molecular complexity index is 196. The minimum atomic E-state index is 0.764. The first-order valence-electron chi connectivity index (χ1n) is 5.18. The summed E-state index contributed by atoms with van der Waals surface area (Å²) in [5, 5.41) is 0. The third-order valence-corrected chi connectivity index (χ3v) is 2.53. The van der Waals surface area contributed by atoms with Crippen LogP contribution in [-0.2, 0) is 0 Å². The summed E-state index contributed by atoms with van der Waals surface area (Å²) in [6, 6.07) is 0. The van der Waals surface area contributed by atoms with Crippen LogP contribution in [0.25, 0.3) is 0 Å². The lowest BCUT2D eigenvalue weighted by Gasteiger charge is -2.18. The van der Waals surface area contributed by atoms with E-state index in [2.05, 4.69) is 32.9 Å². The van der Waals surface area contributed by atoms with E-state index >= 15 is 0 Å². The molecule has 1 atom stereocenters. The Hall–Kier alpha value is -0.520. The fraction of sp³-hybridized carbons (Fsp3) is 0.667. The predicted molar refractivity (Wildman–Crippen MR) is 55.1 cm³/mol. The van der Waals surface area contributed by atoms with Gasteiger partial charge in [0.15, 0.2) is 0 Å². The van der Waals surface area contributed by atoms with Crippen molar-refractivity contribution in [1.82, 2.24) is 0 Å². The highest BCUT2D eigenvalue weighted by molar-refractivity contribution is 5.34. The van der Waals surface area contributed by atoms with Gasteiger partial charge >= 0.3 is 0 Å². The Morgan fingerprint density at radius 3 is 2.67 bits per heavy atom. The molecule has 1 rings (SSSR count). The summed E-state index contributed by atoms with van der Waals surface area (Å²) in [5.74, 6) is 0.764. The molecule has 0 aliphatic heterocycles. The van der Waals surface area contributed by atoms with E-state index in [1.165, 1.54) is 25.7 Å². The fourth-order valence-electron chi connectivity index (χ4n) is 1.85. The van der Waals surface area contributed by atoms with Gasteiger partial charge in [-0.1, -0.05) is 39.3 Å². The van der Waals surface area contributed by atoms with Crippen LogP contribution in [-0.4, -0.2) is 0 Å². The average Bonchev–Trinajstić information content (AvgIpc) is 2.08. The zero-order valence-corrected chi connectivity index (χ0v) is 8.56. The smallest absolute Gasteiger partial charge is 0.0221 e. The molecule has 0 nitrogen and oxygen atoms in total. The fourth-order valence-corrected chi connectivity index (χ4v) is 1.85. The SMILES string of the molecule is CCCC1=CCC(C)C=C1CC. The Labute approximate surface area is 76.4 Å². The molecular weight excluding hydrogens is 144 g/mol. The van der Waals surface area contributed by atoms with E-state index in [0.29, 0.717) is 0 Å². The molecule has 0 heterocycles. The monoisotopic (exact) mass is 164 g/mol. The van der Waals surface area contributed by atoms with Crippen LogP contribution < -0.4 is 0 Å². The second-order valence-electron chi connectivity index (χ2n) is 3.74. The largest absolute Gasteiger partial charge is 0.0805 e. The topological polar surface area (TPSA) is 0 Å². The summed E-state index contributed by atoms with van der Waals surface area (Å²) >= 11 is 0. The van der Waals surface area contributed by atoms with Crippen LogP contribution in [0.15, 0.2) is 23.3 Å². The molecule has 0 bridgehead atoms. The normalized spacial score (nSPS) is 23.4. The maximum absolute atomic E-state index is 2.45. The first-order chi connectivity index (χ1) is 5.77. The second kappa shape index (κ2) is 4.49. The van der Waals surface area contributed by atoms with Crippen molar-refractivity contribution in [2.45, 2.75) is 46.5 Å². The van der Waals surface area contributed by atoms with E-state index in [4.69, 9.17) is 0 Å². The number of allylic oxidation sites excluding steroid dienone is 4. The van der Waals surface area contributed by atoms with E-state index in [-0.39, 0.29) is 0 Å². The Balaban J connectivity index is 2.67. The van der Waals surface area contributed by atoms with Gasteiger partial charge in [-0.05, 0) is 36.3 Å². The van der Waals surface area contributed by atoms with Crippen LogP contribution >= 0.6 is 0 Å². The highest BCUT2D eigenvalue weighted by atomic mass is 14.2. The molecule has 68 valence electrons. The van der Waals surface area contributed by atoms with Crippen molar-refractivity contribution in [3.8, 4) is 0 Å². The molecule has 0 aromatic rings. The molecule has 0 N–H and O–H groups in total. The lowest BCUT2D eigenvalue weighted by Crippen LogP contribution is -2.00. The summed E-state index contributed by atoms with van der Waals surface area (Å²) in [5.41, 5.74) is 3.20. The van der Waals surface area contributed by atoms with E-state index in [1.807, 2.05) is 0 Å². The maximum atomic E-state index is 2.45. The molecule has 0 aromatic carbocycles. The second-order valence-corrected chi connectivity index (χ2v) is 3.74. The van der Waals surface area contributed by atoms with Gasteiger partial charge in [0.05, 0.1) is 0 Å². The minimum absolute atomic E-state index is 0.764. The molecule has 1 aliphatic rings. The third-order valence-electron chi connectivity index (χ3n) is 2.53. The van der Waals surface area contributed by atoms with Gasteiger partial charge < -0.3 is 0 Å². The number of hydrogen-bond donors (Lipinski definition) is 0. The molecule has 0 fully saturated rings. The predicted octanol–water partition coefficient (Wildman–Crippen LogP) is 4.09. The van der Waals surface area contributed by atoms with Gasteiger partial charge in [0.2, 0.25) is 0 Å². The summed E-state index contributed by atoms with van der Waals surface area (Å²) in [6.07, 6.45) is 9.89. The highest BCUT2D eigenvalue weighted by Crippen LogP contribution is 2.27. The first-order valence-corrected chi connectivity index (χ1v) is 5.18. The van der Waals surface area contributed by atoms with Crippen LogP contribution in [0.5, 0.6) is 0 Å². The van der Waals surface area contributed by atoms with Gasteiger partial charge in [-0.2, -0.15) is 0 Å². The molecule has 12 heavy (non-hydrogen) atoms. The van der Waals surface area contributed by atoms with Crippen molar-refractivity contribution in [1.29, 1.82) is 0 Å². The molecule has 0 radical (unpaired) electrons. The van der Waals surface area contributed by atoms with Crippen molar-refractivity contribution >= 4 is 0 Å². The molecule has 0 saturated carbocycles. The Morgan fingerprint density at radius 1 is 1.33 bits per heavy atom. The van der Waals surface area contributed by atoms with Gasteiger partial charge in [0.1, 0.15) is 0 Å². The standard InChI is InChI=1S/C12H20/c1-4-6-12-8-7-10(3)9-11(12)5-2/h8-10H,4-7H2,1-3H3. The van der Waals surface area contributed by atoms with Crippen molar-refractivity contribution in [3.05, 3.63) is 23.3 Å². The Kier molecular flexibility index (Phi) is 3.58. The van der Waals surface area contributed by atoms with Gasteiger partial charge in [-0.3, -0.25) is 0 Å². The molecule has 0 heteroatoms. The number of rotatable bonds is 3. The van der Waals surface area contributed by atoms with Crippen LogP contribution in [0.4, 0.5) is 0 Å². The van der Waals surface area contributed by atoms with Crippen LogP contribution in [0, 0.1) is 5.92 Å². The molecule has 0 amide bonds. The van der Waals surface area contributed by atoms with Gasteiger partial charge in [-0.15, -0.1) is 0 Å². The molecule has 0 aromatic heterocycles. The lowest BCUT2D eigenvalue weighted by atomic mass is 9.88. The molecule has 1 aliphatic carbocycles. The maximum Gasteiger partial charge on any atom is -0.0221 e. The van der Waals surface area contributed by atoms with Gasteiger partial charge in [0.25, 0.3) is 0 Å². The highest BCUT2D eigenvalue weighted by Gasteiger charge is 2.09. The van der Waals surface area contributed by atoms with Crippen molar-refractivity contribution in [2.24, 2.45) is 5.92 Å². The average molecular weight is 164 g/mol. The van der Waals surface area contributed by atoms with Crippen molar-refractivity contribution in [2.75, 3.05) is 0 Å². The van der Waals surface area contributed by atoms with Crippen molar-refractivity contribution in [3.63, 3.8) is 0 Å². The zero-order valence-electron chi connectivity index (χ0n) is 8.56. The molecule has 1 unspecified atom stereocenters. The minimum Gasteiger partial charge on any atom is -0.0805 e. The van der Waals surface area contributed by atoms with E-state index in [1.54, 1.807) is 11.1 Å². The van der Waals surface area contributed by atoms with E-state index in [0.717, 1.165) is 5.92 Å². The first kappa shape index (κ1) is 9.57. The van der Waals surface area contributed by atoms with Crippen LogP contribution in [0.3, 0.4) is 0 Å². The molecule has 0 saturated heterocycles. The number of hydrogen-bond acceptors (Lipinski definition) is 0. The van der Waals surface area contributed by atoms with E-state index < -0.39 is 0 Å². The zero-order chi connectivity index (χ0) is 8.97. The molecular formula is C12H20. The quantitative estimate of drug-likeness (QED) is 0.589. The van der Waals surface area contributed by atoms with Crippen molar-refractivity contribution < 1.29 is 0 Å². The van der Waals surface area contributed by atoms with Gasteiger partial charge in [-0.25, -0.2) is 0 Å². The van der Waals surface area contributed by atoms with E-state index in [9.17, 15) is 0 Å². The summed E-state index contributed by atoms with van der Waals surface area (Å²) in [7, 11) is 0. The van der Waals surface area contributed by atoms with Crippen LogP contribution in [0.1, 0.15) is 46.5 Å². The third kappa shape index (κ3) is 2.23. The summed E-state index contributed by atoms with van der Waals surface area (Å²) in [4.78, 5) is 0. The molecule has 0 spiro atoms. The lowest BCUT2D eigenvalue weighted by molar-refractivity contribution is 0.703.